The molecule has 3 rings (SSSR count). The summed E-state index contributed by atoms with van der Waals surface area (Å²) in [7, 11) is 0. The van der Waals surface area contributed by atoms with Gasteiger partial charge in [-0.05, 0) is 49.3 Å². The van der Waals surface area contributed by atoms with Gasteiger partial charge >= 0.3 is 0 Å². The van der Waals surface area contributed by atoms with E-state index in [-0.39, 0.29) is 5.92 Å². The van der Waals surface area contributed by atoms with E-state index in [0.717, 1.165) is 37.0 Å². The van der Waals surface area contributed by atoms with Gasteiger partial charge in [-0.25, -0.2) is 0 Å². The van der Waals surface area contributed by atoms with E-state index in [4.69, 9.17) is 4.74 Å². The first-order valence-electron chi connectivity index (χ1n) is 7.78. The summed E-state index contributed by atoms with van der Waals surface area (Å²) in [6.45, 7) is 0.535. The number of hydrogen-bond acceptors (Lipinski definition) is 2. The van der Waals surface area contributed by atoms with Crippen LogP contribution in [0.5, 0.6) is 5.75 Å². The van der Waals surface area contributed by atoms with E-state index in [2.05, 4.69) is 12.1 Å². The van der Waals surface area contributed by atoms with Gasteiger partial charge in [0, 0.05) is 0 Å². The lowest BCUT2D eigenvalue weighted by molar-refractivity contribution is -0.120. The zero-order valence-electron chi connectivity index (χ0n) is 11.9. The minimum Gasteiger partial charge on any atom is -0.493 e. The van der Waals surface area contributed by atoms with Gasteiger partial charge in [-0.1, -0.05) is 37.1 Å². The molecule has 1 atom stereocenters. The molecular weight excluding hydrogens is 248 g/mol. The highest BCUT2D eigenvalue weighted by molar-refractivity contribution is 5.97. The Hall–Kier alpha value is -1.57. The van der Waals surface area contributed by atoms with E-state index in [1.165, 1.54) is 24.8 Å². The van der Waals surface area contributed by atoms with Gasteiger partial charge in [0.1, 0.15) is 5.75 Å². The zero-order chi connectivity index (χ0) is 13.8. The molecule has 106 valence electrons. The molecular formula is C18H22O2. The molecule has 0 N–H and O–H groups in total. The van der Waals surface area contributed by atoms with E-state index < -0.39 is 0 Å². The third-order valence-corrected chi connectivity index (χ3v) is 4.36. The highest BCUT2D eigenvalue weighted by atomic mass is 16.5. The standard InChI is InChI=1S/C18H22O2/c19-18(14-8-4-2-1-3-5-9-14)16-12-15-10-6-7-11-17(15)20-13-16/h6-8,10-11,16H,1-5,9,12-13H2/b14-8+. The number of Topliss-reactive ketones (excluding diaryl/α,β-unsaturated/α-hetero) is 1. The number of rotatable bonds is 2. The first-order chi connectivity index (χ1) is 9.84. The van der Waals surface area contributed by atoms with Crippen molar-refractivity contribution in [3.05, 3.63) is 41.5 Å². The summed E-state index contributed by atoms with van der Waals surface area (Å²) < 4.78 is 5.76. The van der Waals surface area contributed by atoms with Crippen molar-refractivity contribution in [3.63, 3.8) is 0 Å². The monoisotopic (exact) mass is 270 g/mol. The number of carbonyl (C=O) groups excluding carboxylic acids is 1. The molecule has 1 aromatic rings. The average molecular weight is 270 g/mol. The SMILES string of the molecule is O=C(/C1=C/CCCCCC1)C1COc2ccccc2C1. The summed E-state index contributed by atoms with van der Waals surface area (Å²) in [5.74, 6) is 1.28. The van der Waals surface area contributed by atoms with Gasteiger partial charge in [0.25, 0.3) is 0 Å². The molecule has 2 aliphatic rings. The quantitative estimate of drug-likeness (QED) is 0.809. The van der Waals surface area contributed by atoms with Crippen LogP contribution in [0.15, 0.2) is 35.9 Å². The Balaban J connectivity index is 1.72. The van der Waals surface area contributed by atoms with E-state index in [9.17, 15) is 4.79 Å². The first kappa shape index (κ1) is 13.4. The van der Waals surface area contributed by atoms with Crippen LogP contribution in [0.2, 0.25) is 0 Å². The maximum absolute atomic E-state index is 12.7. The fraction of sp³-hybridized carbons (Fsp3) is 0.500. The summed E-state index contributed by atoms with van der Waals surface area (Å²) >= 11 is 0. The van der Waals surface area contributed by atoms with Crippen molar-refractivity contribution in [2.75, 3.05) is 6.61 Å². The highest BCUT2D eigenvalue weighted by Crippen LogP contribution is 2.29. The van der Waals surface area contributed by atoms with Gasteiger partial charge in [0.05, 0.1) is 12.5 Å². The van der Waals surface area contributed by atoms with Gasteiger partial charge in [0.15, 0.2) is 5.78 Å². The molecule has 1 aromatic carbocycles. The van der Waals surface area contributed by atoms with Crippen molar-refractivity contribution < 1.29 is 9.53 Å². The van der Waals surface area contributed by atoms with Crippen molar-refractivity contribution in [1.82, 2.24) is 0 Å². The lowest BCUT2D eigenvalue weighted by Crippen LogP contribution is -2.29. The average Bonchev–Trinajstić information content (AvgIpc) is 2.46. The highest BCUT2D eigenvalue weighted by Gasteiger charge is 2.27. The molecule has 0 amide bonds. The van der Waals surface area contributed by atoms with Crippen LogP contribution in [0, 0.1) is 5.92 Å². The van der Waals surface area contributed by atoms with Crippen molar-refractivity contribution in [2.45, 2.75) is 44.9 Å². The maximum atomic E-state index is 12.7. The van der Waals surface area contributed by atoms with Gasteiger partial charge in [-0.3, -0.25) is 4.79 Å². The zero-order valence-corrected chi connectivity index (χ0v) is 11.9. The van der Waals surface area contributed by atoms with Crippen LogP contribution in [-0.2, 0) is 11.2 Å². The van der Waals surface area contributed by atoms with Crippen LogP contribution >= 0.6 is 0 Å². The molecule has 20 heavy (non-hydrogen) atoms. The van der Waals surface area contributed by atoms with E-state index in [1.807, 2.05) is 18.2 Å². The van der Waals surface area contributed by atoms with Crippen LogP contribution in [-0.4, -0.2) is 12.4 Å². The predicted octanol–water partition coefficient (Wildman–Crippen LogP) is 4.09. The van der Waals surface area contributed by atoms with Crippen LogP contribution in [0.1, 0.15) is 44.1 Å². The topological polar surface area (TPSA) is 26.3 Å². The largest absolute Gasteiger partial charge is 0.493 e. The third-order valence-electron chi connectivity index (χ3n) is 4.36. The molecule has 1 aliphatic heterocycles. The van der Waals surface area contributed by atoms with E-state index in [0.29, 0.717) is 12.4 Å². The van der Waals surface area contributed by atoms with Gasteiger partial charge < -0.3 is 4.74 Å². The summed E-state index contributed by atoms with van der Waals surface area (Å²) in [6, 6.07) is 8.06. The molecule has 0 aromatic heterocycles. The van der Waals surface area contributed by atoms with Crippen LogP contribution in [0.25, 0.3) is 0 Å². The van der Waals surface area contributed by atoms with Crippen LogP contribution in [0.3, 0.4) is 0 Å². The molecule has 0 saturated heterocycles. The lowest BCUT2D eigenvalue weighted by atomic mass is 9.86. The number of hydrogen-bond donors (Lipinski definition) is 0. The normalized spacial score (nSPS) is 25.4. The Bertz CT molecular complexity index is 516. The second-order valence-electron chi connectivity index (χ2n) is 5.87. The van der Waals surface area contributed by atoms with Gasteiger partial charge in [0.2, 0.25) is 0 Å². The third kappa shape index (κ3) is 2.95. The van der Waals surface area contributed by atoms with Crippen molar-refractivity contribution in [2.24, 2.45) is 5.92 Å². The molecule has 0 radical (unpaired) electrons. The Morgan fingerprint density at radius 1 is 1.10 bits per heavy atom. The summed E-state index contributed by atoms with van der Waals surface area (Å²) in [6.07, 6.45) is 9.96. The van der Waals surface area contributed by atoms with Gasteiger partial charge in [-0.2, -0.15) is 0 Å². The Morgan fingerprint density at radius 2 is 1.95 bits per heavy atom. The maximum Gasteiger partial charge on any atom is 0.165 e. The minimum atomic E-state index is 0.00979. The van der Waals surface area contributed by atoms with Crippen molar-refractivity contribution in [1.29, 1.82) is 0 Å². The Kier molecular flexibility index (Phi) is 4.19. The number of ether oxygens (including phenoxy) is 1. The molecule has 1 heterocycles. The Morgan fingerprint density at radius 3 is 2.90 bits per heavy atom. The predicted molar refractivity (Wildman–Crippen MR) is 79.9 cm³/mol. The number of ketones is 1. The number of allylic oxidation sites excluding steroid dienone is 2. The number of carbonyl (C=O) groups is 1. The Labute approximate surface area is 120 Å². The number of fused-ring (bicyclic) bond motifs is 1. The lowest BCUT2D eigenvalue weighted by Gasteiger charge is -2.25. The molecule has 1 aliphatic carbocycles. The first-order valence-corrected chi connectivity index (χ1v) is 7.78. The molecule has 0 saturated carbocycles. The number of benzene rings is 1. The van der Waals surface area contributed by atoms with Gasteiger partial charge in [-0.15, -0.1) is 0 Å². The molecule has 0 fully saturated rings. The van der Waals surface area contributed by atoms with Crippen molar-refractivity contribution in [3.8, 4) is 5.75 Å². The molecule has 1 unspecified atom stereocenters. The second-order valence-corrected chi connectivity index (χ2v) is 5.87. The fourth-order valence-electron chi connectivity index (χ4n) is 3.17. The van der Waals surface area contributed by atoms with Crippen LogP contribution in [0.4, 0.5) is 0 Å². The second kappa shape index (κ2) is 6.25. The molecule has 0 spiro atoms. The molecule has 0 bridgehead atoms. The summed E-state index contributed by atoms with van der Waals surface area (Å²) in [5, 5.41) is 0. The summed E-state index contributed by atoms with van der Waals surface area (Å²) in [5.41, 5.74) is 2.22. The smallest absolute Gasteiger partial charge is 0.165 e. The van der Waals surface area contributed by atoms with E-state index in [1.54, 1.807) is 0 Å². The van der Waals surface area contributed by atoms with Crippen LogP contribution < -0.4 is 4.74 Å². The number of para-hydroxylation sites is 1. The van der Waals surface area contributed by atoms with E-state index >= 15 is 0 Å². The molecule has 2 nitrogen and oxygen atoms in total. The molecule has 2 heteroatoms. The minimum absolute atomic E-state index is 0.00979. The fourth-order valence-corrected chi connectivity index (χ4v) is 3.17. The van der Waals surface area contributed by atoms with Crippen molar-refractivity contribution >= 4 is 5.78 Å². The summed E-state index contributed by atoms with van der Waals surface area (Å²) in [4.78, 5) is 12.7.